The van der Waals surface area contributed by atoms with Gasteiger partial charge < -0.3 is 14.2 Å². The summed E-state index contributed by atoms with van der Waals surface area (Å²) in [6, 6.07) is 11.9. The summed E-state index contributed by atoms with van der Waals surface area (Å²) in [5.74, 6) is -1.29. The van der Waals surface area contributed by atoms with Crippen LogP contribution in [0.2, 0.25) is 10.0 Å². The molecular weight excluding hydrogens is 606 g/mol. The van der Waals surface area contributed by atoms with Crippen molar-refractivity contribution in [2.45, 2.75) is 37.4 Å². The fraction of sp³-hybridized carbons (Fsp3) is 0.250. The molecule has 0 saturated heterocycles. The normalized spacial score (nSPS) is 15.4. The number of ether oxygens (including phenoxy) is 3. The summed E-state index contributed by atoms with van der Waals surface area (Å²) in [5.41, 5.74) is 1.02. The molecule has 1 atom stereocenters. The average Bonchev–Trinajstić information content (AvgIpc) is 2.91. The number of alkyl halides is 2. The van der Waals surface area contributed by atoms with Crippen LogP contribution in [-0.2, 0) is 19.6 Å². The summed E-state index contributed by atoms with van der Waals surface area (Å²) in [5, 5.41) is 0.355. The van der Waals surface area contributed by atoms with Gasteiger partial charge in [0.1, 0.15) is 23.4 Å². The molecular formula is C28H24Cl2F3NO6S. The predicted octanol–water partition coefficient (Wildman–Crippen LogP) is 7.20. The van der Waals surface area contributed by atoms with Gasteiger partial charge in [0.2, 0.25) is 0 Å². The Balaban J connectivity index is 1.81. The molecule has 0 amide bonds. The summed E-state index contributed by atoms with van der Waals surface area (Å²) in [6.45, 7) is -1.74. The standard InChI is InChI=1S/C28H24Cl2F3NO6S/c1-16(27-21(29)7-4-8-23(27)31)11-17-12-24-25(14-22(17)30)39-19(9-10-26(35)38-2)15-34(24)41(36,37)20-6-3-5-18(13-20)40-28(32)33/h3-8,11-14,19,28H,9-10,15H2,1-2H3/b16-11+. The van der Waals surface area contributed by atoms with Gasteiger partial charge in [0.25, 0.3) is 10.0 Å². The first-order valence-electron chi connectivity index (χ1n) is 12.2. The van der Waals surface area contributed by atoms with Crippen molar-refractivity contribution in [3.63, 3.8) is 0 Å². The number of fused-ring (bicyclic) bond motifs is 1. The van der Waals surface area contributed by atoms with E-state index in [4.69, 9.17) is 27.9 Å². The van der Waals surface area contributed by atoms with Crippen molar-refractivity contribution in [1.29, 1.82) is 0 Å². The van der Waals surface area contributed by atoms with Crippen LogP contribution in [0.1, 0.15) is 30.9 Å². The van der Waals surface area contributed by atoms with Gasteiger partial charge in [0.15, 0.2) is 0 Å². The maximum absolute atomic E-state index is 14.5. The Labute approximate surface area is 245 Å². The van der Waals surface area contributed by atoms with E-state index >= 15 is 0 Å². The molecule has 0 radical (unpaired) electrons. The van der Waals surface area contributed by atoms with Crippen molar-refractivity contribution in [2.75, 3.05) is 18.0 Å². The van der Waals surface area contributed by atoms with Gasteiger partial charge in [-0.05, 0) is 60.9 Å². The number of rotatable bonds is 9. The summed E-state index contributed by atoms with van der Waals surface area (Å²) in [4.78, 5) is 11.4. The molecule has 0 aromatic heterocycles. The van der Waals surface area contributed by atoms with Crippen LogP contribution < -0.4 is 13.8 Å². The van der Waals surface area contributed by atoms with Crippen molar-refractivity contribution in [3.8, 4) is 11.5 Å². The highest BCUT2D eigenvalue weighted by atomic mass is 35.5. The largest absolute Gasteiger partial charge is 0.486 e. The van der Waals surface area contributed by atoms with Crippen molar-refractivity contribution in [1.82, 2.24) is 0 Å². The summed E-state index contributed by atoms with van der Waals surface area (Å²) < 4.78 is 84.0. The smallest absolute Gasteiger partial charge is 0.387 e. The van der Waals surface area contributed by atoms with Crippen molar-refractivity contribution >= 4 is 56.5 Å². The zero-order chi connectivity index (χ0) is 29.9. The van der Waals surface area contributed by atoms with Crippen molar-refractivity contribution in [3.05, 3.63) is 81.6 Å². The number of carbonyl (C=O) groups is 1. The predicted molar refractivity (Wildman–Crippen MR) is 150 cm³/mol. The molecule has 0 N–H and O–H groups in total. The van der Waals surface area contributed by atoms with E-state index in [1.807, 2.05) is 0 Å². The van der Waals surface area contributed by atoms with E-state index in [9.17, 15) is 26.4 Å². The molecule has 0 aliphatic carbocycles. The molecule has 1 aliphatic heterocycles. The minimum atomic E-state index is -4.37. The van der Waals surface area contributed by atoms with Crippen LogP contribution in [0, 0.1) is 5.82 Å². The zero-order valence-corrected chi connectivity index (χ0v) is 24.1. The number of sulfonamides is 1. The number of halogens is 5. The van der Waals surface area contributed by atoms with Crippen molar-refractivity contribution in [2.24, 2.45) is 0 Å². The van der Waals surface area contributed by atoms with E-state index in [0.29, 0.717) is 11.1 Å². The second-order valence-corrected chi connectivity index (χ2v) is 11.7. The Morgan fingerprint density at radius 1 is 1.15 bits per heavy atom. The molecule has 0 saturated carbocycles. The molecule has 3 aromatic rings. The third-order valence-corrected chi connectivity index (χ3v) is 8.67. The van der Waals surface area contributed by atoms with Crippen LogP contribution in [-0.4, -0.2) is 40.8 Å². The molecule has 3 aromatic carbocycles. The summed E-state index contributed by atoms with van der Waals surface area (Å²) in [6.07, 6.45) is 0.863. The minimum absolute atomic E-state index is 0.0424. The third-order valence-electron chi connectivity index (χ3n) is 6.26. The number of benzene rings is 3. The molecule has 7 nitrogen and oxygen atoms in total. The van der Waals surface area contributed by atoms with Gasteiger partial charge in [-0.3, -0.25) is 9.10 Å². The van der Waals surface area contributed by atoms with E-state index in [-0.39, 0.29) is 57.1 Å². The molecule has 1 heterocycles. The third kappa shape index (κ3) is 6.91. The second kappa shape index (κ2) is 12.6. The van der Waals surface area contributed by atoms with Gasteiger partial charge in [-0.25, -0.2) is 12.8 Å². The number of allylic oxidation sites excluding steroid dienone is 1. The van der Waals surface area contributed by atoms with Gasteiger partial charge in [0.05, 0.1) is 34.3 Å². The first kappa shape index (κ1) is 30.5. The minimum Gasteiger partial charge on any atom is -0.486 e. The SMILES string of the molecule is COC(=O)CCC1CN(S(=O)(=O)c2cccc(OC(F)F)c2)c2cc(/C=C(\C)c3c(F)cccc3Cl)c(Cl)cc2O1. The van der Waals surface area contributed by atoms with E-state index < -0.39 is 34.5 Å². The molecule has 218 valence electrons. The zero-order valence-electron chi connectivity index (χ0n) is 21.7. The Bertz CT molecular complexity index is 1580. The van der Waals surface area contributed by atoms with Gasteiger partial charge >= 0.3 is 12.6 Å². The molecule has 0 spiro atoms. The van der Waals surface area contributed by atoms with E-state index in [0.717, 1.165) is 10.4 Å². The van der Waals surface area contributed by atoms with E-state index in [1.54, 1.807) is 13.0 Å². The Morgan fingerprint density at radius 2 is 1.88 bits per heavy atom. The van der Waals surface area contributed by atoms with Crippen molar-refractivity contribution < 1.29 is 40.6 Å². The Kier molecular flexibility index (Phi) is 9.41. The quantitative estimate of drug-likeness (QED) is 0.184. The van der Waals surface area contributed by atoms with Gasteiger partial charge in [-0.2, -0.15) is 8.78 Å². The van der Waals surface area contributed by atoms with Crippen LogP contribution in [0.5, 0.6) is 11.5 Å². The molecule has 1 unspecified atom stereocenters. The fourth-order valence-corrected chi connectivity index (χ4v) is 6.39. The van der Waals surface area contributed by atoms with Gasteiger partial charge in [-0.1, -0.05) is 35.3 Å². The topological polar surface area (TPSA) is 82.1 Å². The monoisotopic (exact) mass is 629 g/mol. The van der Waals surface area contributed by atoms with Crippen LogP contribution >= 0.6 is 23.2 Å². The molecule has 0 fully saturated rings. The average molecular weight is 630 g/mol. The molecule has 0 bridgehead atoms. The maximum Gasteiger partial charge on any atom is 0.387 e. The number of nitrogens with zero attached hydrogens (tertiary/aromatic N) is 1. The number of esters is 1. The molecule has 1 aliphatic rings. The summed E-state index contributed by atoms with van der Waals surface area (Å²) in [7, 11) is -3.14. The van der Waals surface area contributed by atoms with Crippen LogP contribution in [0.4, 0.5) is 18.9 Å². The Hall–Kier alpha value is -3.41. The second-order valence-electron chi connectivity index (χ2n) is 9.01. The lowest BCUT2D eigenvalue weighted by atomic mass is 10.0. The fourth-order valence-electron chi connectivity index (χ4n) is 4.34. The van der Waals surface area contributed by atoms with Crippen LogP contribution in [0.15, 0.2) is 59.5 Å². The lowest BCUT2D eigenvalue weighted by Crippen LogP contribution is -2.43. The maximum atomic E-state index is 14.5. The molecule has 41 heavy (non-hydrogen) atoms. The Morgan fingerprint density at radius 3 is 2.56 bits per heavy atom. The first-order valence-corrected chi connectivity index (χ1v) is 14.4. The number of methoxy groups -OCH3 is 1. The highest BCUT2D eigenvalue weighted by Crippen LogP contribution is 2.42. The lowest BCUT2D eigenvalue weighted by molar-refractivity contribution is -0.141. The van der Waals surface area contributed by atoms with Crippen LogP contribution in [0.25, 0.3) is 11.6 Å². The molecule has 4 rings (SSSR count). The van der Waals surface area contributed by atoms with Crippen LogP contribution in [0.3, 0.4) is 0 Å². The lowest BCUT2D eigenvalue weighted by Gasteiger charge is -2.36. The summed E-state index contributed by atoms with van der Waals surface area (Å²) >= 11 is 12.7. The van der Waals surface area contributed by atoms with E-state index in [1.165, 1.54) is 55.6 Å². The van der Waals surface area contributed by atoms with Gasteiger partial charge in [0, 0.05) is 24.1 Å². The highest BCUT2D eigenvalue weighted by Gasteiger charge is 2.36. The number of hydrogen-bond donors (Lipinski definition) is 0. The van der Waals surface area contributed by atoms with Gasteiger partial charge in [-0.15, -0.1) is 0 Å². The number of carbonyl (C=O) groups excluding carboxylic acids is 1. The number of hydrogen-bond acceptors (Lipinski definition) is 6. The highest BCUT2D eigenvalue weighted by molar-refractivity contribution is 7.92. The number of anilines is 1. The van der Waals surface area contributed by atoms with E-state index in [2.05, 4.69) is 9.47 Å². The molecule has 13 heteroatoms. The first-order chi connectivity index (χ1) is 19.4.